The van der Waals surface area contributed by atoms with E-state index in [1.807, 2.05) is 13.0 Å². The van der Waals surface area contributed by atoms with Gasteiger partial charge in [0.15, 0.2) is 0 Å². The van der Waals surface area contributed by atoms with Crippen LogP contribution in [0.3, 0.4) is 0 Å². The normalized spacial score (nSPS) is 12.5. The van der Waals surface area contributed by atoms with Gasteiger partial charge >= 0.3 is 0 Å². The third-order valence-corrected chi connectivity index (χ3v) is 3.59. The molecule has 0 aromatic heterocycles. The highest BCUT2D eigenvalue weighted by Crippen LogP contribution is 2.26. The summed E-state index contributed by atoms with van der Waals surface area (Å²) in [4.78, 5) is 0. The average Bonchev–Trinajstić information content (AvgIpc) is 2.35. The SMILES string of the molecule is Cc1ccc(F)c(C(N)Cc2ccc(Cl)cc2Cl)c1. The van der Waals surface area contributed by atoms with Crippen LogP contribution in [0.1, 0.15) is 22.7 Å². The van der Waals surface area contributed by atoms with E-state index in [4.69, 9.17) is 28.9 Å². The molecular weight excluding hydrogens is 284 g/mol. The molecule has 2 N–H and O–H groups in total. The van der Waals surface area contributed by atoms with Crippen LogP contribution in [-0.4, -0.2) is 0 Å². The zero-order chi connectivity index (χ0) is 14.0. The number of rotatable bonds is 3. The first-order valence-corrected chi connectivity index (χ1v) is 6.68. The molecule has 1 atom stereocenters. The summed E-state index contributed by atoms with van der Waals surface area (Å²) in [6.45, 7) is 1.91. The number of aryl methyl sites for hydroxylation is 1. The molecule has 100 valence electrons. The highest BCUT2D eigenvalue weighted by atomic mass is 35.5. The van der Waals surface area contributed by atoms with Crippen molar-refractivity contribution in [3.63, 3.8) is 0 Å². The summed E-state index contributed by atoms with van der Waals surface area (Å²) in [7, 11) is 0. The highest BCUT2D eigenvalue weighted by molar-refractivity contribution is 6.35. The quantitative estimate of drug-likeness (QED) is 0.874. The van der Waals surface area contributed by atoms with Gasteiger partial charge in [0.2, 0.25) is 0 Å². The molecule has 0 heterocycles. The van der Waals surface area contributed by atoms with Crippen molar-refractivity contribution in [3.8, 4) is 0 Å². The van der Waals surface area contributed by atoms with Crippen LogP contribution in [0, 0.1) is 12.7 Å². The van der Waals surface area contributed by atoms with E-state index in [1.54, 1.807) is 24.3 Å². The Kier molecular flexibility index (Phi) is 4.46. The molecule has 0 spiro atoms. The van der Waals surface area contributed by atoms with Crippen LogP contribution in [0.4, 0.5) is 4.39 Å². The van der Waals surface area contributed by atoms with Gasteiger partial charge in [0, 0.05) is 21.7 Å². The molecule has 2 aromatic rings. The van der Waals surface area contributed by atoms with Crippen LogP contribution in [0.5, 0.6) is 0 Å². The van der Waals surface area contributed by atoms with E-state index in [0.29, 0.717) is 22.0 Å². The number of benzene rings is 2. The fraction of sp³-hybridized carbons (Fsp3) is 0.200. The van der Waals surface area contributed by atoms with Gasteiger partial charge in [-0.3, -0.25) is 0 Å². The average molecular weight is 298 g/mol. The molecule has 4 heteroatoms. The number of nitrogens with two attached hydrogens (primary N) is 1. The first kappa shape index (κ1) is 14.3. The summed E-state index contributed by atoms with van der Waals surface area (Å²) < 4.78 is 13.8. The molecule has 1 nitrogen and oxygen atoms in total. The Labute approximate surface area is 122 Å². The second-order valence-corrected chi connectivity index (χ2v) is 5.41. The minimum atomic E-state index is -0.432. The van der Waals surface area contributed by atoms with E-state index in [-0.39, 0.29) is 5.82 Å². The third-order valence-electron chi connectivity index (χ3n) is 3.01. The Bertz CT molecular complexity index is 599. The van der Waals surface area contributed by atoms with Gasteiger partial charge in [-0.25, -0.2) is 4.39 Å². The monoisotopic (exact) mass is 297 g/mol. The summed E-state index contributed by atoms with van der Waals surface area (Å²) in [6, 6.07) is 9.73. The van der Waals surface area contributed by atoms with Crippen LogP contribution in [0.2, 0.25) is 10.0 Å². The maximum atomic E-state index is 13.8. The molecule has 0 fully saturated rings. The van der Waals surface area contributed by atoms with Crippen molar-refractivity contribution in [2.45, 2.75) is 19.4 Å². The molecule has 0 saturated carbocycles. The summed E-state index contributed by atoms with van der Waals surface area (Å²) >= 11 is 11.9. The van der Waals surface area contributed by atoms with E-state index in [9.17, 15) is 4.39 Å². The topological polar surface area (TPSA) is 26.0 Å². The lowest BCUT2D eigenvalue weighted by Crippen LogP contribution is -2.15. The largest absolute Gasteiger partial charge is 0.324 e. The first-order valence-electron chi connectivity index (χ1n) is 5.93. The Balaban J connectivity index is 2.25. The zero-order valence-electron chi connectivity index (χ0n) is 10.5. The maximum Gasteiger partial charge on any atom is 0.128 e. The molecule has 1 unspecified atom stereocenters. The molecule has 19 heavy (non-hydrogen) atoms. The minimum Gasteiger partial charge on any atom is -0.324 e. The molecule has 0 aliphatic carbocycles. The lowest BCUT2D eigenvalue weighted by molar-refractivity contribution is 0.579. The summed E-state index contributed by atoms with van der Waals surface area (Å²) in [6.07, 6.45) is 0.469. The second kappa shape index (κ2) is 5.91. The minimum absolute atomic E-state index is 0.289. The van der Waals surface area contributed by atoms with E-state index >= 15 is 0 Å². The molecule has 0 aliphatic rings. The van der Waals surface area contributed by atoms with Crippen LogP contribution in [0.25, 0.3) is 0 Å². The van der Waals surface area contributed by atoms with E-state index in [0.717, 1.165) is 11.1 Å². The molecule has 2 aromatic carbocycles. The van der Waals surface area contributed by atoms with Gasteiger partial charge in [-0.05, 0) is 37.1 Å². The van der Waals surface area contributed by atoms with Crippen LogP contribution < -0.4 is 5.73 Å². The van der Waals surface area contributed by atoms with E-state index in [2.05, 4.69) is 0 Å². The smallest absolute Gasteiger partial charge is 0.128 e. The van der Waals surface area contributed by atoms with Gasteiger partial charge in [0.25, 0.3) is 0 Å². The Morgan fingerprint density at radius 3 is 2.58 bits per heavy atom. The fourth-order valence-corrected chi connectivity index (χ4v) is 2.47. The molecule has 0 amide bonds. The van der Waals surface area contributed by atoms with E-state index < -0.39 is 6.04 Å². The fourth-order valence-electron chi connectivity index (χ4n) is 1.98. The Hall–Kier alpha value is -1.09. The van der Waals surface area contributed by atoms with Crippen LogP contribution in [0.15, 0.2) is 36.4 Å². The number of halogens is 3. The summed E-state index contributed by atoms with van der Waals surface area (Å²) in [5.74, 6) is -0.289. The molecular formula is C15H14Cl2FN. The van der Waals surface area contributed by atoms with Crippen LogP contribution in [-0.2, 0) is 6.42 Å². The van der Waals surface area contributed by atoms with Crippen molar-refractivity contribution in [1.82, 2.24) is 0 Å². The maximum absolute atomic E-state index is 13.8. The Morgan fingerprint density at radius 2 is 1.89 bits per heavy atom. The highest BCUT2D eigenvalue weighted by Gasteiger charge is 2.14. The van der Waals surface area contributed by atoms with Gasteiger partial charge in [-0.2, -0.15) is 0 Å². The van der Waals surface area contributed by atoms with Gasteiger partial charge in [-0.15, -0.1) is 0 Å². The number of hydrogen-bond acceptors (Lipinski definition) is 1. The lowest BCUT2D eigenvalue weighted by atomic mass is 9.98. The summed E-state index contributed by atoms with van der Waals surface area (Å²) in [5, 5.41) is 1.13. The first-order chi connectivity index (χ1) is 8.97. The molecule has 0 aliphatic heterocycles. The van der Waals surface area contributed by atoms with Crippen molar-refractivity contribution < 1.29 is 4.39 Å². The molecule has 2 rings (SSSR count). The molecule has 0 radical (unpaired) electrons. The Morgan fingerprint density at radius 1 is 1.16 bits per heavy atom. The predicted molar refractivity (Wildman–Crippen MR) is 78.2 cm³/mol. The molecule has 0 bridgehead atoms. The number of hydrogen-bond donors (Lipinski definition) is 1. The van der Waals surface area contributed by atoms with Crippen molar-refractivity contribution in [2.75, 3.05) is 0 Å². The zero-order valence-corrected chi connectivity index (χ0v) is 12.0. The van der Waals surface area contributed by atoms with Gasteiger partial charge in [0.05, 0.1) is 0 Å². The van der Waals surface area contributed by atoms with Gasteiger partial charge in [-0.1, -0.05) is 47.0 Å². The molecule has 0 saturated heterocycles. The standard InChI is InChI=1S/C15H14Cl2FN/c1-9-2-5-14(18)12(6-9)15(19)7-10-3-4-11(16)8-13(10)17/h2-6,8,15H,7,19H2,1H3. The second-order valence-electron chi connectivity index (χ2n) is 4.57. The summed E-state index contributed by atoms with van der Waals surface area (Å²) in [5.41, 5.74) is 8.42. The van der Waals surface area contributed by atoms with Crippen LogP contribution >= 0.6 is 23.2 Å². The lowest BCUT2D eigenvalue weighted by Gasteiger charge is -2.15. The van der Waals surface area contributed by atoms with Gasteiger partial charge in [0.1, 0.15) is 5.82 Å². The van der Waals surface area contributed by atoms with Crippen molar-refractivity contribution >= 4 is 23.2 Å². The predicted octanol–water partition coefficient (Wildman–Crippen LogP) is 4.68. The third kappa shape index (κ3) is 3.47. The van der Waals surface area contributed by atoms with Gasteiger partial charge < -0.3 is 5.73 Å². The van der Waals surface area contributed by atoms with Crippen molar-refractivity contribution in [1.29, 1.82) is 0 Å². The van der Waals surface area contributed by atoms with Crippen molar-refractivity contribution in [2.24, 2.45) is 5.73 Å². The van der Waals surface area contributed by atoms with Crippen molar-refractivity contribution in [3.05, 3.63) is 69.0 Å². The van der Waals surface area contributed by atoms with E-state index in [1.165, 1.54) is 6.07 Å².